The Morgan fingerprint density at radius 2 is 2.10 bits per heavy atom. The second kappa shape index (κ2) is 6.41. The van der Waals surface area contributed by atoms with Crippen LogP contribution in [0.3, 0.4) is 0 Å². The van der Waals surface area contributed by atoms with Crippen LogP contribution in [0.1, 0.15) is 35.6 Å². The van der Waals surface area contributed by atoms with E-state index < -0.39 is 0 Å². The number of furan rings is 1. The number of nitrogens with one attached hydrogen (secondary N) is 1. The highest BCUT2D eigenvalue weighted by molar-refractivity contribution is 9.10. The number of rotatable bonds is 5. The van der Waals surface area contributed by atoms with Gasteiger partial charge < -0.3 is 9.73 Å². The Bertz CT molecular complexity index is 667. The van der Waals surface area contributed by atoms with Crippen molar-refractivity contribution in [3.63, 3.8) is 0 Å². The first-order valence-electron chi connectivity index (χ1n) is 6.61. The van der Waals surface area contributed by atoms with Crippen molar-refractivity contribution in [1.29, 1.82) is 0 Å². The number of nitro groups is 1. The summed E-state index contributed by atoms with van der Waals surface area (Å²) >= 11 is 3.19. The molecule has 0 aliphatic heterocycles. The van der Waals surface area contributed by atoms with Gasteiger partial charge in [0, 0.05) is 24.2 Å². The number of aryl methyl sites for hydroxylation is 2. The summed E-state index contributed by atoms with van der Waals surface area (Å²) in [4.78, 5) is 10.5. The quantitative estimate of drug-likeness (QED) is 0.638. The zero-order valence-corrected chi connectivity index (χ0v) is 13.7. The maximum Gasteiger partial charge on any atom is 0.283 e. The zero-order chi connectivity index (χ0) is 15.6. The van der Waals surface area contributed by atoms with Gasteiger partial charge in [-0.05, 0) is 54.4 Å². The van der Waals surface area contributed by atoms with Crippen molar-refractivity contribution in [2.75, 3.05) is 0 Å². The highest BCUT2D eigenvalue weighted by Gasteiger charge is 2.15. The zero-order valence-electron chi connectivity index (χ0n) is 12.1. The molecule has 21 heavy (non-hydrogen) atoms. The minimum atomic E-state index is -0.388. The summed E-state index contributed by atoms with van der Waals surface area (Å²) < 4.78 is 6.01. The lowest BCUT2D eigenvalue weighted by atomic mass is 10.1. The van der Waals surface area contributed by atoms with Crippen LogP contribution < -0.4 is 5.32 Å². The van der Waals surface area contributed by atoms with E-state index in [0.717, 1.165) is 22.6 Å². The Balaban J connectivity index is 2.08. The summed E-state index contributed by atoms with van der Waals surface area (Å²) in [5, 5.41) is 14.3. The van der Waals surface area contributed by atoms with Crippen LogP contribution in [-0.4, -0.2) is 4.92 Å². The molecule has 0 fully saturated rings. The van der Waals surface area contributed by atoms with Crippen LogP contribution in [0.2, 0.25) is 0 Å². The number of nitrogens with zero attached hydrogens (tertiary/aromatic N) is 1. The third-order valence-corrected chi connectivity index (χ3v) is 4.04. The van der Waals surface area contributed by atoms with Crippen LogP contribution in [0.15, 0.2) is 33.2 Å². The Morgan fingerprint density at radius 3 is 2.67 bits per heavy atom. The van der Waals surface area contributed by atoms with Gasteiger partial charge in [-0.2, -0.15) is 0 Å². The van der Waals surface area contributed by atoms with Crippen LogP contribution >= 0.6 is 15.9 Å². The molecular formula is C15H17BrN2O3. The molecule has 1 heterocycles. The molecule has 2 aromatic rings. The predicted octanol–water partition coefficient (Wildman–Crippen LogP) is 4.42. The Labute approximate surface area is 131 Å². The average Bonchev–Trinajstić information content (AvgIpc) is 2.76. The van der Waals surface area contributed by atoms with Gasteiger partial charge in [0.25, 0.3) is 5.69 Å². The molecule has 1 unspecified atom stereocenters. The molecule has 0 saturated heterocycles. The van der Waals surface area contributed by atoms with Crippen LogP contribution in [0.4, 0.5) is 5.69 Å². The summed E-state index contributed by atoms with van der Waals surface area (Å²) in [7, 11) is 0. The van der Waals surface area contributed by atoms with E-state index in [1.54, 1.807) is 12.1 Å². The molecule has 1 aromatic heterocycles. The van der Waals surface area contributed by atoms with Gasteiger partial charge in [-0.15, -0.1) is 0 Å². The molecule has 1 aromatic carbocycles. The molecule has 6 heteroatoms. The Hall–Kier alpha value is -1.66. The van der Waals surface area contributed by atoms with E-state index in [9.17, 15) is 10.1 Å². The van der Waals surface area contributed by atoms with E-state index in [0.29, 0.717) is 11.0 Å². The van der Waals surface area contributed by atoms with Gasteiger partial charge in [-0.1, -0.05) is 6.07 Å². The summed E-state index contributed by atoms with van der Waals surface area (Å²) in [6.07, 6.45) is 0. The van der Waals surface area contributed by atoms with E-state index in [1.165, 1.54) is 0 Å². The maximum absolute atomic E-state index is 10.9. The van der Waals surface area contributed by atoms with Gasteiger partial charge >= 0.3 is 0 Å². The highest BCUT2D eigenvalue weighted by atomic mass is 79.9. The maximum atomic E-state index is 10.9. The molecule has 0 bridgehead atoms. The fraction of sp³-hybridized carbons (Fsp3) is 0.333. The average molecular weight is 353 g/mol. The second-order valence-corrected chi connectivity index (χ2v) is 5.87. The summed E-state index contributed by atoms with van der Waals surface area (Å²) in [5.74, 6) is 1.78. The normalized spacial score (nSPS) is 12.4. The van der Waals surface area contributed by atoms with Crippen LogP contribution in [0.5, 0.6) is 0 Å². The van der Waals surface area contributed by atoms with Gasteiger partial charge in [-0.25, -0.2) is 0 Å². The monoisotopic (exact) mass is 352 g/mol. The summed E-state index contributed by atoms with van der Waals surface area (Å²) in [6, 6.07) is 7.27. The van der Waals surface area contributed by atoms with Crippen molar-refractivity contribution >= 4 is 21.6 Å². The summed E-state index contributed by atoms with van der Waals surface area (Å²) in [6.45, 7) is 6.45. The van der Waals surface area contributed by atoms with Crippen molar-refractivity contribution < 1.29 is 9.34 Å². The lowest BCUT2D eigenvalue weighted by Gasteiger charge is -2.13. The van der Waals surface area contributed by atoms with Crippen LogP contribution in [-0.2, 0) is 6.54 Å². The number of hydrogen-bond acceptors (Lipinski definition) is 4. The molecule has 0 radical (unpaired) electrons. The molecule has 112 valence electrons. The first-order chi connectivity index (χ1) is 9.88. The third kappa shape index (κ3) is 3.71. The molecule has 0 saturated carbocycles. The molecule has 0 aliphatic rings. The fourth-order valence-corrected chi connectivity index (χ4v) is 2.66. The van der Waals surface area contributed by atoms with Crippen molar-refractivity contribution in [3.05, 3.63) is 61.5 Å². The second-order valence-electron chi connectivity index (χ2n) is 5.01. The Morgan fingerprint density at radius 1 is 1.38 bits per heavy atom. The minimum Gasteiger partial charge on any atom is -0.466 e. The predicted molar refractivity (Wildman–Crippen MR) is 84.2 cm³/mol. The largest absolute Gasteiger partial charge is 0.466 e. The van der Waals surface area contributed by atoms with E-state index in [2.05, 4.69) is 21.2 Å². The molecule has 1 atom stereocenters. The van der Waals surface area contributed by atoms with Gasteiger partial charge in [0.2, 0.25) is 0 Å². The minimum absolute atomic E-state index is 0.0808. The number of hydrogen-bond donors (Lipinski definition) is 1. The van der Waals surface area contributed by atoms with Crippen molar-refractivity contribution in [2.24, 2.45) is 0 Å². The van der Waals surface area contributed by atoms with E-state index in [4.69, 9.17) is 4.42 Å². The Kier molecular flexibility index (Phi) is 4.80. The molecular weight excluding hydrogens is 336 g/mol. The van der Waals surface area contributed by atoms with Crippen LogP contribution in [0.25, 0.3) is 0 Å². The van der Waals surface area contributed by atoms with E-state index in [-0.39, 0.29) is 16.7 Å². The van der Waals surface area contributed by atoms with Gasteiger partial charge in [0.05, 0.1) is 9.40 Å². The topological polar surface area (TPSA) is 68.3 Å². The lowest BCUT2D eigenvalue weighted by molar-refractivity contribution is -0.385. The van der Waals surface area contributed by atoms with Crippen molar-refractivity contribution in [3.8, 4) is 0 Å². The number of halogens is 1. The molecule has 2 rings (SSSR count). The van der Waals surface area contributed by atoms with Crippen LogP contribution in [0, 0.1) is 24.0 Å². The molecule has 0 amide bonds. The lowest BCUT2D eigenvalue weighted by Crippen LogP contribution is -2.18. The first kappa shape index (κ1) is 15.7. The van der Waals surface area contributed by atoms with Gasteiger partial charge in [0.15, 0.2) is 0 Å². The molecule has 0 aliphatic carbocycles. The van der Waals surface area contributed by atoms with Crippen molar-refractivity contribution in [1.82, 2.24) is 5.32 Å². The fourth-order valence-electron chi connectivity index (χ4n) is 2.27. The standard InChI is InChI=1S/C15H17BrN2O3/c1-9-6-13(11(3)21-9)10(2)17-8-12-4-5-14(16)15(7-12)18(19)20/h4-7,10,17H,8H2,1-3H3. The highest BCUT2D eigenvalue weighted by Crippen LogP contribution is 2.26. The van der Waals surface area contributed by atoms with Crippen molar-refractivity contribution in [2.45, 2.75) is 33.4 Å². The molecule has 5 nitrogen and oxygen atoms in total. The summed E-state index contributed by atoms with van der Waals surface area (Å²) in [5.41, 5.74) is 2.06. The number of nitro benzene ring substituents is 1. The van der Waals surface area contributed by atoms with E-state index in [1.807, 2.05) is 32.9 Å². The van der Waals surface area contributed by atoms with Gasteiger partial charge in [-0.3, -0.25) is 10.1 Å². The number of benzene rings is 1. The van der Waals surface area contributed by atoms with E-state index >= 15 is 0 Å². The first-order valence-corrected chi connectivity index (χ1v) is 7.41. The smallest absolute Gasteiger partial charge is 0.283 e. The molecule has 0 spiro atoms. The van der Waals surface area contributed by atoms with Gasteiger partial charge in [0.1, 0.15) is 11.5 Å². The SMILES string of the molecule is Cc1cc(C(C)NCc2ccc(Br)c([N+](=O)[O-])c2)c(C)o1. The third-order valence-electron chi connectivity index (χ3n) is 3.37. The molecule has 1 N–H and O–H groups in total.